The molecule has 2 heteroatoms. The average Bonchev–Trinajstić information content (AvgIpc) is 2.74. The summed E-state index contributed by atoms with van der Waals surface area (Å²) in [5, 5.41) is 4.49. The van der Waals surface area contributed by atoms with Crippen molar-refractivity contribution >= 4 is 11.0 Å². The molecule has 2 aromatic rings. The summed E-state index contributed by atoms with van der Waals surface area (Å²) in [4.78, 5) is 0. The third-order valence-electron chi connectivity index (χ3n) is 2.52. The van der Waals surface area contributed by atoms with E-state index in [1.807, 2.05) is 13.8 Å². The van der Waals surface area contributed by atoms with Gasteiger partial charge in [-0.2, -0.15) is 0 Å². The predicted octanol–water partition coefficient (Wildman–Crippen LogP) is 4.17. The molecule has 96 valence electrons. The lowest BCUT2D eigenvalue weighted by atomic mass is 10.2. The van der Waals surface area contributed by atoms with Crippen molar-refractivity contribution in [2.75, 3.05) is 13.1 Å². The summed E-state index contributed by atoms with van der Waals surface area (Å²) in [6, 6.07) is 8.45. The Morgan fingerprint density at radius 3 is 2.71 bits per heavy atom. The van der Waals surface area contributed by atoms with Gasteiger partial charge in [-0.25, -0.2) is 0 Å². The molecule has 0 atom stereocenters. The Balaban J connectivity index is 0.000000917. The molecule has 17 heavy (non-hydrogen) atoms. The van der Waals surface area contributed by atoms with E-state index in [0.717, 1.165) is 30.9 Å². The first-order valence-electron chi connectivity index (χ1n) is 6.49. The lowest BCUT2D eigenvalue weighted by Crippen LogP contribution is -2.15. The van der Waals surface area contributed by atoms with Gasteiger partial charge in [0.1, 0.15) is 11.3 Å². The topological polar surface area (TPSA) is 25.2 Å². The molecule has 0 amide bonds. The van der Waals surface area contributed by atoms with Crippen LogP contribution in [0.1, 0.15) is 33.5 Å². The molecule has 1 heterocycles. The van der Waals surface area contributed by atoms with Gasteiger partial charge in [0, 0.05) is 19.8 Å². The molecular formula is C15H25NO. The average molecular weight is 235 g/mol. The summed E-state index contributed by atoms with van der Waals surface area (Å²) in [6.07, 6.45) is 0.960. The molecular weight excluding hydrogens is 210 g/mol. The van der Waals surface area contributed by atoms with Crippen LogP contribution in [-0.2, 0) is 6.42 Å². The van der Waals surface area contributed by atoms with Gasteiger partial charge in [0.15, 0.2) is 0 Å². The molecule has 0 bridgehead atoms. The fraction of sp³-hybridized carbons (Fsp3) is 0.467. The number of hydrogen-bond acceptors (Lipinski definition) is 2. The summed E-state index contributed by atoms with van der Waals surface area (Å²) in [5.74, 6) is 1.07. The van der Waals surface area contributed by atoms with Crippen LogP contribution in [0.15, 0.2) is 28.7 Å². The molecule has 0 radical (unpaired) electrons. The molecule has 1 N–H and O–H groups in total. The molecule has 0 fully saturated rings. The van der Waals surface area contributed by atoms with Gasteiger partial charge in [-0.3, -0.25) is 0 Å². The van der Waals surface area contributed by atoms with Crippen molar-refractivity contribution in [3.05, 3.63) is 35.6 Å². The molecule has 2 nitrogen and oxygen atoms in total. The van der Waals surface area contributed by atoms with Gasteiger partial charge in [0.2, 0.25) is 0 Å². The number of nitrogens with one attached hydrogen (secondary N) is 1. The summed E-state index contributed by atoms with van der Waals surface area (Å²) in [7, 11) is 0. The van der Waals surface area contributed by atoms with Crippen molar-refractivity contribution in [2.24, 2.45) is 0 Å². The van der Waals surface area contributed by atoms with Gasteiger partial charge in [0.05, 0.1) is 0 Å². The van der Waals surface area contributed by atoms with Crippen molar-refractivity contribution in [3.8, 4) is 0 Å². The van der Waals surface area contributed by atoms with Crippen LogP contribution < -0.4 is 5.32 Å². The van der Waals surface area contributed by atoms with E-state index in [2.05, 4.69) is 43.4 Å². The minimum Gasteiger partial charge on any atom is -0.461 e. The van der Waals surface area contributed by atoms with Crippen molar-refractivity contribution in [2.45, 2.75) is 34.1 Å². The normalized spacial score (nSPS) is 10.1. The fourth-order valence-corrected chi connectivity index (χ4v) is 1.70. The Hall–Kier alpha value is -1.28. The number of likely N-dealkylation sites (N-methyl/N-ethyl adjacent to an activating group) is 1. The zero-order valence-corrected chi connectivity index (χ0v) is 11.3. The van der Waals surface area contributed by atoms with Gasteiger partial charge < -0.3 is 9.73 Å². The van der Waals surface area contributed by atoms with Crippen LogP contribution in [0.5, 0.6) is 0 Å². The second-order valence-electron chi connectivity index (χ2n) is 3.86. The standard InChI is InChI=1S/C13H17NO.C2H6.H2/c1-3-14-7-6-12-9-11-5-4-10(2)8-13(11)15-12;1-2;/h4-5,8-9,14H,3,6-7H2,1-2H3;1-2H3;1H. The van der Waals surface area contributed by atoms with Crippen LogP contribution in [-0.4, -0.2) is 13.1 Å². The lowest BCUT2D eigenvalue weighted by Gasteiger charge is -1.97. The number of benzene rings is 1. The van der Waals surface area contributed by atoms with Crippen LogP contribution in [0.4, 0.5) is 0 Å². The summed E-state index contributed by atoms with van der Waals surface area (Å²) >= 11 is 0. The maximum atomic E-state index is 5.76. The monoisotopic (exact) mass is 235 g/mol. The van der Waals surface area contributed by atoms with Gasteiger partial charge in [-0.05, 0) is 31.2 Å². The molecule has 0 aliphatic carbocycles. The largest absolute Gasteiger partial charge is 0.461 e. The van der Waals surface area contributed by atoms with Gasteiger partial charge in [0.25, 0.3) is 0 Å². The Bertz CT molecular complexity index is 451. The SMILES string of the molecule is CC.CCNCCc1cc2ccc(C)cc2o1.[HH]. The van der Waals surface area contributed by atoms with E-state index in [1.54, 1.807) is 0 Å². The number of furan rings is 1. The number of hydrogen-bond donors (Lipinski definition) is 1. The van der Waals surface area contributed by atoms with Crippen LogP contribution in [0, 0.1) is 6.92 Å². The number of fused-ring (bicyclic) bond motifs is 1. The van der Waals surface area contributed by atoms with Crippen LogP contribution >= 0.6 is 0 Å². The minimum atomic E-state index is 0. The Labute approximate surface area is 106 Å². The molecule has 0 aliphatic rings. The van der Waals surface area contributed by atoms with E-state index in [9.17, 15) is 0 Å². The second-order valence-corrected chi connectivity index (χ2v) is 3.86. The molecule has 2 rings (SSSR count). The molecule has 0 saturated carbocycles. The second kappa shape index (κ2) is 7.13. The van der Waals surface area contributed by atoms with E-state index in [-0.39, 0.29) is 1.43 Å². The van der Waals surface area contributed by atoms with Gasteiger partial charge >= 0.3 is 0 Å². The predicted molar refractivity (Wildman–Crippen MR) is 76.7 cm³/mol. The zero-order chi connectivity index (χ0) is 12.7. The first-order chi connectivity index (χ1) is 8.29. The molecule has 0 spiro atoms. The highest BCUT2D eigenvalue weighted by atomic mass is 16.3. The smallest absolute Gasteiger partial charge is 0.134 e. The Morgan fingerprint density at radius 1 is 1.24 bits per heavy atom. The quantitative estimate of drug-likeness (QED) is 0.805. The zero-order valence-electron chi connectivity index (χ0n) is 11.3. The summed E-state index contributed by atoms with van der Waals surface area (Å²) in [6.45, 7) is 10.2. The van der Waals surface area contributed by atoms with Crippen LogP contribution in [0.25, 0.3) is 11.0 Å². The van der Waals surface area contributed by atoms with Crippen molar-refractivity contribution < 1.29 is 5.84 Å². The molecule has 1 aromatic heterocycles. The van der Waals surface area contributed by atoms with E-state index in [0.29, 0.717) is 0 Å². The van der Waals surface area contributed by atoms with E-state index in [4.69, 9.17) is 4.42 Å². The summed E-state index contributed by atoms with van der Waals surface area (Å²) < 4.78 is 5.76. The van der Waals surface area contributed by atoms with E-state index in [1.165, 1.54) is 10.9 Å². The van der Waals surface area contributed by atoms with Gasteiger partial charge in [-0.1, -0.05) is 32.9 Å². The van der Waals surface area contributed by atoms with E-state index < -0.39 is 0 Å². The molecule has 1 aromatic carbocycles. The number of rotatable bonds is 4. The maximum Gasteiger partial charge on any atom is 0.134 e. The van der Waals surface area contributed by atoms with E-state index >= 15 is 0 Å². The van der Waals surface area contributed by atoms with Crippen molar-refractivity contribution in [3.63, 3.8) is 0 Å². The molecule has 0 unspecified atom stereocenters. The first-order valence-corrected chi connectivity index (χ1v) is 6.49. The Kier molecular flexibility index (Phi) is 5.78. The highest BCUT2D eigenvalue weighted by Gasteiger charge is 2.02. The number of aryl methyl sites for hydroxylation is 1. The third kappa shape index (κ3) is 3.90. The van der Waals surface area contributed by atoms with Crippen molar-refractivity contribution in [1.29, 1.82) is 0 Å². The van der Waals surface area contributed by atoms with Crippen LogP contribution in [0.3, 0.4) is 0 Å². The third-order valence-corrected chi connectivity index (χ3v) is 2.52. The summed E-state index contributed by atoms with van der Waals surface area (Å²) in [5.41, 5.74) is 2.25. The highest BCUT2D eigenvalue weighted by Crippen LogP contribution is 2.20. The van der Waals surface area contributed by atoms with Gasteiger partial charge in [-0.15, -0.1) is 0 Å². The highest BCUT2D eigenvalue weighted by molar-refractivity contribution is 5.78. The first kappa shape index (κ1) is 13.8. The van der Waals surface area contributed by atoms with Crippen LogP contribution in [0.2, 0.25) is 0 Å². The fourth-order valence-electron chi connectivity index (χ4n) is 1.70. The minimum absolute atomic E-state index is 0. The molecule has 0 aliphatic heterocycles. The lowest BCUT2D eigenvalue weighted by molar-refractivity contribution is 0.536. The molecule has 0 saturated heterocycles. The van der Waals surface area contributed by atoms with Crippen molar-refractivity contribution in [1.82, 2.24) is 5.32 Å². The maximum absolute atomic E-state index is 5.76. The Morgan fingerprint density at radius 2 is 2.00 bits per heavy atom.